The van der Waals surface area contributed by atoms with E-state index in [1.54, 1.807) is 48.2 Å². The molecule has 1 aromatic carbocycles. The van der Waals surface area contributed by atoms with Gasteiger partial charge >= 0.3 is 5.97 Å². The lowest BCUT2D eigenvalue weighted by Gasteiger charge is -2.34. The number of carboxylic acids is 1. The lowest BCUT2D eigenvalue weighted by molar-refractivity contribution is -0.142. The monoisotopic (exact) mass is 378 g/mol. The molecule has 0 aromatic heterocycles. The number of carbonyl (C=O) groups is 3. The number of nitrogens with zero attached hydrogens (tertiary/aromatic N) is 2. The van der Waals surface area contributed by atoms with E-state index in [9.17, 15) is 14.4 Å². The molecule has 1 aromatic rings. The number of morpholine rings is 1. The third kappa shape index (κ3) is 6.65. The van der Waals surface area contributed by atoms with Gasteiger partial charge in [-0.1, -0.05) is 0 Å². The van der Waals surface area contributed by atoms with Gasteiger partial charge in [0.1, 0.15) is 5.75 Å². The van der Waals surface area contributed by atoms with Crippen LogP contribution in [0.25, 0.3) is 0 Å². The van der Waals surface area contributed by atoms with E-state index in [2.05, 4.69) is 0 Å². The second kappa shape index (κ2) is 10.0. The maximum Gasteiger partial charge on any atom is 0.317 e. The van der Waals surface area contributed by atoms with Gasteiger partial charge in [0.05, 0.1) is 26.4 Å². The molecule has 8 nitrogen and oxygen atoms in total. The molecule has 1 N–H and O–H groups in total. The third-order valence-corrected chi connectivity index (χ3v) is 4.39. The molecule has 0 saturated carbocycles. The molecule has 0 spiro atoms. The van der Waals surface area contributed by atoms with Gasteiger partial charge < -0.3 is 19.5 Å². The molecule has 1 amide bonds. The zero-order valence-corrected chi connectivity index (χ0v) is 15.7. The Kier molecular flexibility index (Phi) is 7.75. The number of hydrogen-bond acceptors (Lipinski definition) is 6. The van der Waals surface area contributed by atoms with Gasteiger partial charge in [0.25, 0.3) is 0 Å². The molecule has 148 valence electrons. The number of hydrogen-bond donors (Lipinski definition) is 1. The summed E-state index contributed by atoms with van der Waals surface area (Å²) in [5, 5.41) is 8.81. The molecule has 0 radical (unpaired) electrons. The van der Waals surface area contributed by atoms with Crippen molar-refractivity contribution in [3.8, 4) is 5.75 Å². The summed E-state index contributed by atoms with van der Waals surface area (Å²) in [7, 11) is 3.26. The van der Waals surface area contributed by atoms with Crippen LogP contribution in [0.15, 0.2) is 24.3 Å². The minimum Gasteiger partial charge on any atom is -0.497 e. The fraction of sp³-hybridized carbons (Fsp3) is 0.526. The summed E-state index contributed by atoms with van der Waals surface area (Å²) >= 11 is 0. The first-order chi connectivity index (χ1) is 12.9. The fourth-order valence-corrected chi connectivity index (χ4v) is 3.00. The Morgan fingerprint density at radius 2 is 1.96 bits per heavy atom. The van der Waals surface area contributed by atoms with Crippen molar-refractivity contribution in [3.05, 3.63) is 29.8 Å². The number of Topliss-reactive ketones (excluding diaryl/α,β-unsaturated/α-hetero) is 1. The summed E-state index contributed by atoms with van der Waals surface area (Å²) < 4.78 is 10.7. The quantitative estimate of drug-likeness (QED) is 0.638. The number of likely N-dealkylation sites (N-methyl/N-ethyl adjacent to an activating group) is 1. The Morgan fingerprint density at radius 3 is 2.59 bits per heavy atom. The van der Waals surface area contributed by atoms with Gasteiger partial charge in [0, 0.05) is 38.0 Å². The zero-order chi connectivity index (χ0) is 19.8. The first-order valence-electron chi connectivity index (χ1n) is 8.86. The summed E-state index contributed by atoms with van der Waals surface area (Å²) in [5.41, 5.74) is 0.554. The Hall–Kier alpha value is -2.45. The van der Waals surface area contributed by atoms with Gasteiger partial charge in [0.15, 0.2) is 5.78 Å². The van der Waals surface area contributed by atoms with Crippen LogP contribution in [0, 0.1) is 0 Å². The van der Waals surface area contributed by atoms with Crippen LogP contribution in [0.2, 0.25) is 0 Å². The van der Waals surface area contributed by atoms with E-state index in [1.807, 2.05) is 0 Å². The summed E-state index contributed by atoms with van der Waals surface area (Å²) in [6.45, 7) is 1.64. The number of rotatable bonds is 9. The topological polar surface area (TPSA) is 96.4 Å². The maximum atomic E-state index is 12.4. The summed E-state index contributed by atoms with van der Waals surface area (Å²) in [5.74, 6) is -0.406. The van der Waals surface area contributed by atoms with E-state index in [0.717, 1.165) is 0 Å². The molecule has 0 bridgehead atoms. The normalized spacial score (nSPS) is 17.0. The number of aliphatic carboxylic acids is 1. The Labute approximate surface area is 158 Å². The molecular formula is C19H26N2O6. The maximum absolute atomic E-state index is 12.4. The van der Waals surface area contributed by atoms with E-state index in [-0.39, 0.29) is 37.2 Å². The van der Waals surface area contributed by atoms with Gasteiger partial charge in [-0.2, -0.15) is 0 Å². The van der Waals surface area contributed by atoms with Crippen LogP contribution in [0.3, 0.4) is 0 Å². The first-order valence-corrected chi connectivity index (χ1v) is 8.86. The second-order valence-electron chi connectivity index (χ2n) is 6.57. The van der Waals surface area contributed by atoms with Crippen molar-refractivity contribution in [2.75, 3.05) is 46.9 Å². The second-order valence-corrected chi connectivity index (χ2v) is 6.57. The smallest absolute Gasteiger partial charge is 0.317 e. The summed E-state index contributed by atoms with van der Waals surface area (Å²) in [6, 6.07) is 6.81. The molecule has 8 heteroatoms. The molecule has 27 heavy (non-hydrogen) atoms. The van der Waals surface area contributed by atoms with Gasteiger partial charge in [-0.15, -0.1) is 0 Å². The van der Waals surface area contributed by atoms with E-state index >= 15 is 0 Å². The SMILES string of the molecule is COc1ccc(C(=O)CCC(=O)N2CCOC(CN(C)CC(=O)O)C2)cc1. The predicted octanol–water partition coefficient (Wildman–Crippen LogP) is 0.902. The number of carboxylic acid groups (broad SMARTS) is 1. The van der Waals surface area contributed by atoms with Gasteiger partial charge in [-0.3, -0.25) is 19.3 Å². The molecule has 1 saturated heterocycles. The van der Waals surface area contributed by atoms with Gasteiger partial charge in [-0.25, -0.2) is 0 Å². The van der Waals surface area contributed by atoms with Gasteiger partial charge in [-0.05, 0) is 31.3 Å². The molecule has 1 unspecified atom stereocenters. The molecule has 1 aliphatic rings. The van der Waals surface area contributed by atoms with Crippen molar-refractivity contribution in [2.45, 2.75) is 18.9 Å². The van der Waals surface area contributed by atoms with E-state index in [1.165, 1.54) is 0 Å². The molecular weight excluding hydrogens is 352 g/mol. The van der Waals surface area contributed by atoms with Crippen LogP contribution in [-0.2, 0) is 14.3 Å². The average Bonchev–Trinajstić information content (AvgIpc) is 2.65. The van der Waals surface area contributed by atoms with Crippen molar-refractivity contribution in [3.63, 3.8) is 0 Å². The van der Waals surface area contributed by atoms with E-state index < -0.39 is 5.97 Å². The van der Waals surface area contributed by atoms with Gasteiger partial charge in [0.2, 0.25) is 5.91 Å². The number of ketones is 1. The summed E-state index contributed by atoms with van der Waals surface area (Å²) in [4.78, 5) is 38.8. The van der Waals surface area contributed by atoms with Crippen molar-refractivity contribution in [1.29, 1.82) is 0 Å². The van der Waals surface area contributed by atoms with Crippen LogP contribution < -0.4 is 4.74 Å². The number of methoxy groups -OCH3 is 1. The average molecular weight is 378 g/mol. The van der Waals surface area contributed by atoms with Crippen molar-refractivity contribution in [1.82, 2.24) is 9.80 Å². The number of benzene rings is 1. The van der Waals surface area contributed by atoms with Crippen LogP contribution in [0.4, 0.5) is 0 Å². The highest BCUT2D eigenvalue weighted by molar-refractivity contribution is 5.98. The number of amides is 1. The van der Waals surface area contributed by atoms with Crippen molar-refractivity contribution >= 4 is 17.7 Å². The fourth-order valence-electron chi connectivity index (χ4n) is 3.00. The minimum absolute atomic E-state index is 0.0792. The lowest BCUT2D eigenvalue weighted by atomic mass is 10.1. The first kappa shape index (κ1) is 20.9. The standard InChI is InChI=1S/C19H26N2O6/c1-20(13-19(24)25)11-16-12-21(9-10-27-16)18(23)8-7-17(22)14-3-5-15(26-2)6-4-14/h3-6,16H,7-13H2,1-2H3,(H,24,25). The number of ether oxygens (including phenoxy) is 2. The zero-order valence-electron chi connectivity index (χ0n) is 15.7. The Balaban J connectivity index is 1.80. The molecule has 1 heterocycles. The van der Waals surface area contributed by atoms with E-state index in [4.69, 9.17) is 14.6 Å². The minimum atomic E-state index is -0.904. The van der Waals surface area contributed by atoms with Crippen LogP contribution in [-0.4, -0.2) is 85.6 Å². The molecule has 0 aliphatic carbocycles. The van der Waals surface area contributed by atoms with Crippen LogP contribution in [0.1, 0.15) is 23.2 Å². The largest absolute Gasteiger partial charge is 0.497 e. The van der Waals surface area contributed by atoms with Crippen molar-refractivity contribution in [2.24, 2.45) is 0 Å². The highest BCUT2D eigenvalue weighted by Crippen LogP contribution is 2.14. The Morgan fingerprint density at radius 1 is 1.26 bits per heavy atom. The Bertz CT molecular complexity index is 661. The molecule has 2 rings (SSSR count). The number of carbonyl (C=O) groups excluding carboxylic acids is 2. The third-order valence-electron chi connectivity index (χ3n) is 4.39. The summed E-state index contributed by atoms with van der Waals surface area (Å²) in [6.07, 6.45) is 0.0543. The highest BCUT2D eigenvalue weighted by atomic mass is 16.5. The van der Waals surface area contributed by atoms with Crippen LogP contribution in [0.5, 0.6) is 5.75 Å². The molecule has 1 atom stereocenters. The van der Waals surface area contributed by atoms with Crippen molar-refractivity contribution < 1.29 is 29.0 Å². The molecule has 1 aliphatic heterocycles. The van der Waals surface area contributed by atoms with E-state index in [0.29, 0.717) is 37.6 Å². The molecule has 1 fully saturated rings. The van der Waals surface area contributed by atoms with Crippen LogP contribution >= 0.6 is 0 Å². The predicted molar refractivity (Wildman–Crippen MR) is 98.0 cm³/mol. The lowest BCUT2D eigenvalue weighted by Crippen LogP contribution is -2.49. The highest BCUT2D eigenvalue weighted by Gasteiger charge is 2.25.